The molecule has 0 bridgehead atoms. The van der Waals surface area contributed by atoms with Gasteiger partial charge in [-0.2, -0.15) is 0 Å². The Kier molecular flexibility index (Phi) is 5.92. The molecule has 1 unspecified atom stereocenters. The van der Waals surface area contributed by atoms with E-state index in [0.717, 1.165) is 31.2 Å². The van der Waals surface area contributed by atoms with E-state index in [9.17, 15) is 5.11 Å². The smallest absolute Gasteiger partial charge is 0.194 e. The van der Waals surface area contributed by atoms with Crippen molar-refractivity contribution in [2.75, 3.05) is 26.7 Å². The number of para-hydroxylation sites is 1. The Morgan fingerprint density at radius 3 is 3.00 bits per heavy atom. The van der Waals surface area contributed by atoms with Gasteiger partial charge in [0.15, 0.2) is 17.5 Å². The summed E-state index contributed by atoms with van der Waals surface area (Å²) < 4.78 is 5.15. The average Bonchev–Trinajstić information content (AvgIpc) is 2.52. The largest absolute Gasteiger partial charge is 0.504 e. The van der Waals surface area contributed by atoms with Crippen molar-refractivity contribution in [1.82, 2.24) is 10.2 Å². The van der Waals surface area contributed by atoms with E-state index in [0.29, 0.717) is 18.2 Å². The van der Waals surface area contributed by atoms with Crippen molar-refractivity contribution in [2.45, 2.75) is 33.2 Å². The van der Waals surface area contributed by atoms with Crippen molar-refractivity contribution in [2.24, 2.45) is 10.9 Å². The van der Waals surface area contributed by atoms with Gasteiger partial charge in [-0.15, -0.1) is 0 Å². The second-order valence-electron chi connectivity index (χ2n) is 5.83. The summed E-state index contributed by atoms with van der Waals surface area (Å²) in [6, 6.07) is 5.50. The third kappa shape index (κ3) is 4.06. The minimum Gasteiger partial charge on any atom is -0.504 e. The molecule has 22 heavy (non-hydrogen) atoms. The van der Waals surface area contributed by atoms with Crippen LogP contribution in [0.3, 0.4) is 0 Å². The van der Waals surface area contributed by atoms with E-state index in [1.807, 2.05) is 12.1 Å². The summed E-state index contributed by atoms with van der Waals surface area (Å²) in [6.45, 7) is 7.72. The van der Waals surface area contributed by atoms with E-state index in [4.69, 9.17) is 9.73 Å². The predicted molar refractivity (Wildman–Crippen MR) is 89.4 cm³/mol. The van der Waals surface area contributed by atoms with Gasteiger partial charge in [-0.05, 0) is 31.7 Å². The normalized spacial score (nSPS) is 19.1. The van der Waals surface area contributed by atoms with E-state index in [1.54, 1.807) is 13.2 Å². The zero-order chi connectivity index (χ0) is 15.9. The Morgan fingerprint density at radius 2 is 2.32 bits per heavy atom. The number of phenols is 1. The second-order valence-corrected chi connectivity index (χ2v) is 5.83. The van der Waals surface area contributed by atoms with Crippen LogP contribution in [-0.4, -0.2) is 42.7 Å². The lowest BCUT2D eigenvalue weighted by Crippen LogP contribution is -2.46. The molecule has 1 heterocycles. The highest BCUT2D eigenvalue weighted by atomic mass is 16.5. The molecule has 0 radical (unpaired) electrons. The van der Waals surface area contributed by atoms with E-state index in [1.165, 1.54) is 12.8 Å². The van der Waals surface area contributed by atoms with Crippen molar-refractivity contribution in [1.29, 1.82) is 0 Å². The number of methoxy groups -OCH3 is 1. The van der Waals surface area contributed by atoms with Gasteiger partial charge in [0.1, 0.15) is 0 Å². The lowest BCUT2D eigenvalue weighted by atomic mass is 10.0. The maximum Gasteiger partial charge on any atom is 0.194 e. The first-order valence-electron chi connectivity index (χ1n) is 8.03. The number of rotatable bonds is 4. The Hall–Kier alpha value is -1.91. The molecule has 0 aliphatic carbocycles. The first-order valence-corrected chi connectivity index (χ1v) is 8.03. The standard InChI is InChI=1S/C17H27N3O2/c1-4-18-17(20-10-6-7-13(2)12-20)19-11-14-8-5-9-15(22-3)16(14)21/h5,8-9,13,21H,4,6-7,10-12H2,1-3H3,(H,18,19). The Labute approximate surface area is 133 Å². The summed E-state index contributed by atoms with van der Waals surface area (Å²) in [5.74, 6) is 2.29. The average molecular weight is 305 g/mol. The highest BCUT2D eigenvalue weighted by Crippen LogP contribution is 2.29. The number of aromatic hydroxyl groups is 1. The number of benzene rings is 1. The van der Waals surface area contributed by atoms with Gasteiger partial charge in [-0.3, -0.25) is 0 Å². The Balaban J connectivity index is 2.13. The summed E-state index contributed by atoms with van der Waals surface area (Å²) >= 11 is 0. The monoisotopic (exact) mass is 305 g/mol. The SMILES string of the molecule is CCNC(=NCc1cccc(OC)c1O)N1CCCC(C)C1. The summed E-state index contributed by atoms with van der Waals surface area (Å²) in [6.07, 6.45) is 2.49. The van der Waals surface area contributed by atoms with Gasteiger partial charge in [0.05, 0.1) is 13.7 Å². The van der Waals surface area contributed by atoms with Crippen LogP contribution in [0.1, 0.15) is 32.3 Å². The molecule has 122 valence electrons. The zero-order valence-corrected chi connectivity index (χ0v) is 13.8. The van der Waals surface area contributed by atoms with E-state index >= 15 is 0 Å². The van der Waals surface area contributed by atoms with Crippen LogP contribution in [0, 0.1) is 5.92 Å². The van der Waals surface area contributed by atoms with E-state index in [-0.39, 0.29) is 5.75 Å². The third-order valence-electron chi connectivity index (χ3n) is 3.99. The quantitative estimate of drug-likeness (QED) is 0.663. The predicted octanol–water partition coefficient (Wildman–Crippen LogP) is 2.60. The highest BCUT2D eigenvalue weighted by Gasteiger charge is 2.19. The molecule has 0 spiro atoms. The molecule has 1 atom stereocenters. The highest BCUT2D eigenvalue weighted by molar-refractivity contribution is 5.80. The van der Waals surface area contributed by atoms with Crippen LogP contribution in [0.2, 0.25) is 0 Å². The van der Waals surface area contributed by atoms with Crippen LogP contribution in [-0.2, 0) is 6.54 Å². The molecule has 2 N–H and O–H groups in total. The van der Waals surface area contributed by atoms with Gasteiger partial charge in [0.2, 0.25) is 0 Å². The first-order chi connectivity index (χ1) is 10.7. The molecule has 1 aliphatic rings. The molecule has 2 rings (SSSR count). The molecule has 0 aromatic heterocycles. The Bertz CT molecular complexity index is 517. The van der Waals surface area contributed by atoms with Gasteiger partial charge < -0.3 is 20.1 Å². The van der Waals surface area contributed by atoms with Gasteiger partial charge in [-0.1, -0.05) is 19.1 Å². The molecule has 1 fully saturated rings. The number of phenolic OH excluding ortho intramolecular Hbond substituents is 1. The Morgan fingerprint density at radius 1 is 1.50 bits per heavy atom. The molecular weight excluding hydrogens is 278 g/mol. The van der Waals surface area contributed by atoms with E-state index < -0.39 is 0 Å². The number of piperidine rings is 1. The number of aliphatic imine (C=N–C) groups is 1. The summed E-state index contributed by atoms with van der Waals surface area (Å²) in [4.78, 5) is 7.01. The van der Waals surface area contributed by atoms with Crippen molar-refractivity contribution in [3.8, 4) is 11.5 Å². The minimum absolute atomic E-state index is 0.177. The van der Waals surface area contributed by atoms with Crippen molar-refractivity contribution >= 4 is 5.96 Å². The van der Waals surface area contributed by atoms with Gasteiger partial charge >= 0.3 is 0 Å². The molecule has 1 aromatic carbocycles. The van der Waals surface area contributed by atoms with Crippen molar-refractivity contribution in [3.63, 3.8) is 0 Å². The second kappa shape index (κ2) is 7.92. The van der Waals surface area contributed by atoms with Gasteiger partial charge in [0.25, 0.3) is 0 Å². The van der Waals surface area contributed by atoms with E-state index in [2.05, 4.69) is 24.1 Å². The number of ether oxygens (including phenoxy) is 1. The number of hydrogen-bond acceptors (Lipinski definition) is 3. The minimum atomic E-state index is 0.177. The van der Waals surface area contributed by atoms with Crippen LogP contribution in [0.5, 0.6) is 11.5 Å². The molecule has 0 amide bonds. The fourth-order valence-electron chi connectivity index (χ4n) is 2.83. The van der Waals surface area contributed by atoms with Crippen molar-refractivity contribution in [3.05, 3.63) is 23.8 Å². The number of guanidine groups is 1. The molecule has 1 saturated heterocycles. The fourth-order valence-corrected chi connectivity index (χ4v) is 2.83. The number of nitrogens with one attached hydrogen (secondary N) is 1. The van der Waals surface area contributed by atoms with Crippen LogP contribution in [0.25, 0.3) is 0 Å². The molecular formula is C17H27N3O2. The zero-order valence-electron chi connectivity index (χ0n) is 13.8. The summed E-state index contributed by atoms with van der Waals surface area (Å²) in [7, 11) is 1.56. The van der Waals surface area contributed by atoms with Crippen LogP contribution in [0.15, 0.2) is 23.2 Å². The first kappa shape index (κ1) is 16.5. The lowest BCUT2D eigenvalue weighted by molar-refractivity contribution is 0.266. The molecule has 1 aromatic rings. The maximum atomic E-state index is 10.2. The topological polar surface area (TPSA) is 57.1 Å². The van der Waals surface area contributed by atoms with Crippen LogP contribution < -0.4 is 10.1 Å². The number of nitrogens with zero attached hydrogens (tertiary/aromatic N) is 2. The molecule has 5 nitrogen and oxygen atoms in total. The fraction of sp³-hybridized carbons (Fsp3) is 0.588. The summed E-state index contributed by atoms with van der Waals surface area (Å²) in [5.41, 5.74) is 0.778. The van der Waals surface area contributed by atoms with Crippen LogP contribution >= 0.6 is 0 Å². The summed E-state index contributed by atoms with van der Waals surface area (Å²) in [5, 5.41) is 13.5. The molecule has 5 heteroatoms. The number of likely N-dealkylation sites (tertiary alicyclic amines) is 1. The van der Waals surface area contributed by atoms with Crippen molar-refractivity contribution < 1.29 is 9.84 Å². The maximum absolute atomic E-state index is 10.2. The molecule has 1 aliphatic heterocycles. The molecule has 0 saturated carbocycles. The third-order valence-corrected chi connectivity index (χ3v) is 3.99. The van der Waals surface area contributed by atoms with Gasteiger partial charge in [0, 0.05) is 25.2 Å². The van der Waals surface area contributed by atoms with Gasteiger partial charge in [-0.25, -0.2) is 4.99 Å². The lowest BCUT2D eigenvalue weighted by Gasteiger charge is -2.33. The number of hydrogen-bond donors (Lipinski definition) is 2. The van der Waals surface area contributed by atoms with Crippen LogP contribution in [0.4, 0.5) is 0 Å².